The molecule has 2 heterocycles. The SMILES string of the molecule is CC(C)(C1=CC(Oc2ccc3c(c2)C(=O)N(c2cccc([PH](C4=CCCC=C4)(c4ccccc4)c4ccccc4)c2)C3=O)CC=C1)c1ccc(Oc2ccc3c(c2)C(=O)N(c2cccc([PH](c4ccccc4)(c4ccccc4)c4ccccc4)c2)C3=O)cc1. The van der Waals surface area contributed by atoms with E-state index in [1.165, 1.54) is 41.6 Å². The minimum absolute atomic E-state index is 0.279. The van der Waals surface area contributed by atoms with Gasteiger partial charge in [0.1, 0.15) is 0 Å². The Morgan fingerprint density at radius 1 is 0.393 bits per heavy atom. The summed E-state index contributed by atoms with van der Waals surface area (Å²) in [6, 6.07) is 87.1. The summed E-state index contributed by atoms with van der Waals surface area (Å²) in [6.07, 6.45) is 15.5. The average Bonchev–Trinajstić information content (AvgIpc) is 1.88. The summed E-state index contributed by atoms with van der Waals surface area (Å²) in [4.78, 5) is 60.4. The number of anilines is 2. The molecule has 2 aliphatic heterocycles. The summed E-state index contributed by atoms with van der Waals surface area (Å²) in [5.41, 5.74) is 3.92. The van der Waals surface area contributed by atoms with Crippen molar-refractivity contribution in [3.8, 4) is 17.2 Å². The van der Waals surface area contributed by atoms with E-state index < -0.39 is 25.8 Å². The molecule has 10 aromatic rings. The van der Waals surface area contributed by atoms with Crippen LogP contribution in [0.25, 0.3) is 0 Å². The maximum absolute atomic E-state index is 14.6. The van der Waals surface area contributed by atoms with Gasteiger partial charge in [-0.25, -0.2) is 0 Å². The van der Waals surface area contributed by atoms with Gasteiger partial charge in [0.2, 0.25) is 0 Å². The van der Waals surface area contributed by atoms with E-state index in [2.05, 4.69) is 190 Å². The number of nitrogens with zero attached hydrogens (tertiary/aromatic N) is 2. The van der Waals surface area contributed by atoms with E-state index in [-0.39, 0.29) is 29.4 Å². The van der Waals surface area contributed by atoms with Crippen molar-refractivity contribution in [3.63, 3.8) is 0 Å². The molecule has 0 radical (unpaired) electrons. The van der Waals surface area contributed by atoms with Gasteiger partial charge in [0.15, 0.2) is 0 Å². The van der Waals surface area contributed by atoms with Gasteiger partial charge in [-0.05, 0) is 5.56 Å². The molecule has 0 aromatic heterocycles. The van der Waals surface area contributed by atoms with Crippen molar-refractivity contribution in [3.05, 3.63) is 336 Å². The molecule has 436 valence electrons. The second-order valence-corrected chi connectivity index (χ2v) is 31.2. The number of rotatable bonds is 16. The topological polar surface area (TPSA) is 93.2 Å². The van der Waals surface area contributed by atoms with Gasteiger partial charge in [-0.15, -0.1) is 0 Å². The zero-order valence-corrected chi connectivity index (χ0v) is 51.3. The minimum atomic E-state index is -2.94. The number of imide groups is 2. The van der Waals surface area contributed by atoms with Crippen LogP contribution in [0.4, 0.5) is 11.4 Å². The summed E-state index contributed by atoms with van der Waals surface area (Å²) in [5.74, 6) is -0.0345. The number of carbonyl (C=O) groups is 4. The van der Waals surface area contributed by atoms with Crippen LogP contribution in [-0.4, -0.2) is 29.7 Å². The van der Waals surface area contributed by atoms with Crippen molar-refractivity contribution in [2.45, 2.75) is 44.6 Å². The van der Waals surface area contributed by atoms with E-state index in [1.54, 1.807) is 36.4 Å². The molecule has 10 heteroatoms. The molecule has 0 bridgehead atoms. The summed E-state index contributed by atoms with van der Waals surface area (Å²) in [6.45, 7) is 4.33. The first kappa shape index (κ1) is 56.7. The van der Waals surface area contributed by atoms with Crippen LogP contribution in [0.2, 0.25) is 0 Å². The fourth-order valence-corrected chi connectivity index (χ4v) is 23.4. The number of hydrogen-bond acceptors (Lipinski definition) is 6. The van der Waals surface area contributed by atoms with Gasteiger partial charge in [0.25, 0.3) is 0 Å². The molecule has 1 unspecified atom stereocenters. The van der Waals surface area contributed by atoms with Crippen molar-refractivity contribution in [2.75, 3.05) is 9.80 Å². The number of allylic oxidation sites excluding steroid dienone is 6. The van der Waals surface area contributed by atoms with Crippen molar-refractivity contribution < 1.29 is 28.7 Å². The van der Waals surface area contributed by atoms with Gasteiger partial charge < -0.3 is 0 Å². The van der Waals surface area contributed by atoms with Crippen molar-refractivity contribution >= 4 is 86.7 Å². The third-order valence-corrected chi connectivity index (χ3v) is 27.7. The van der Waals surface area contributed by atoms with Crippen molar-refractivity contribution in [1.29, 1.82) is 0 Å². The Morgan fingerprint density at radius 2 is 0.820 bits per heavy atom. The maximum atomic E-state index is 14.6. The number of amides is 4. The van der Waals surface area contributed by atoms with E-state index in [4.69, 9.17) is 9.47 Å². The number of fused-ring (bicyclic) bond motifs is 2. The normalized spacial score (nSPS) is 16.0. The molecular formula is C79H64N2O6P2. The third kappa shape index (κ3) is 9.99. The Morgan fingerprint density at radius 3 is 1.30 bits per heavy atom. The number of hydrogen-bond donors (Lipinski definition) is 0. The van der Waals surface area contributed by atoms with Gasteiger partial charge >= 0.3 is 492 Å². The van der Waals surface area contributed by atoms with E-state index in [0.717, 1.165) is 34.6 Å². The predicted octanol–water partition coefficient (Wildman–Crippen LogP) is 14.3. The molecular weight excluding hydrogens is 1130 g/mol. The van der Waals surface area contributed by atoms with Gasteiger partial charge in [-0.1, -0.05) is 19.9 Å². The zero-order chi connectivity index (χ0) is 60.7. The molecule has 1 atom stereocenters. The molecule has 14 rings (SSSR count). The van der Waals surface area contributed by atoms with Crippen LogP contribution < -0.4 is 56.4 Å². The fraction of sp³-hybridized carbons (Fsp3) is 0.0886. The van der Waals surface area contributed by atoms with Crippen molar-refractivity contribution in [2.24, 2.45) is 0 Å². The van der Waals surface area contributed by atoms with Gasteiger partial charge in [-0.3, -0.25) is 0 Å². The van der Waals surface area contributed by atoms with E-state index >= 15 is 0 Å². The molecule has 8 nitrogen and oxygen atoms in total. The quantitative estimate of drug-likeness (QED) is 0.0707. The molecule has 4 amide bonds. The van der Waals surface area contributed by atoms with Crippen LogP contribution in [0.1, 0.15) is 80.1 Å². The Bertz CT molecular complexity index is 4390. The first-order valence-electron chi connectivity index (χ1n) is 30.3. The summed E-state index contributed by atoms with van der Waals surface area (Å²) >= 11 is 0. The molecule has 0 fully saturated rings. The zero-order valence-electron chi connectivity index (χ0n) is 49.3. The monoisotopic (exact) mass is 1200 g/mol. The summed E-state index contributed by atoms with van der Waals surface area (Å²) < 4.78 is 13.1. The molecule has 2 aliphatic carbocycles. The van der Waals surface area contributed by atoms with E-state index in [9.17, 15) is 19.2 Å². The first-order chi connectivity index (χ1) is 43.5. The first-order valence-corrected chi connectivity index (χ1v) is 34.3. The third-order valence-electron chi connectivity index (χ3n) is 18.1. The molecule has 0 spiro atoms. The standard InChI is InChI=1S/C79H64N2O6P2/c1-79(2,55-42-44-59(45-43-55)86-61-46-48-71-73(53-61)77(84)80(75(71)82)57-25-22-40-69(51-57)88(63-28-9-3-10-29-63,64-30-11-4-12-31-64)65-32-13-5-14-33-65)56-24-21-27-60(50-56)87-62-47-49-72-74(54-62)78(85)81(76(72)83)58-26-23-41-70(52-58)89(66-34-15-6-16-35-66,67-36-17-7-18-37-67)68-38-19-8-20-39-68/h3-7,9-19,21-26,28-54,60,88-89H,8,20,27H2,1-2H3. The number of benzene rings is 10. The van der Waals surface area contributed by atoms with Crippen LogP contribution >= 0.6 is 14.5 Å². The molecule has 4 aliphatic rings. The van der Waals surface area contributed by atoms with Crippen molar-refractivity contribution in [1.82, 2.24) is 0 Å². The molecule has 10 aromatic carbocycles. The van der Waals surface area contributed by atoms with Crippen LogP contribution in [-0.2, 0) is 5.41 Å². The Kier molecular flexibility index (Phi) is 15.0. The van der Waals surface area contributed by atoms with Crippen LogP contribution in [0.15, 0.2) is 308 Å². The Balaban J connectivity index is 0.674. The molecule has 89 heavy (non-hydrogen) atoms. The Labute approximate surface area is 520 Å². The van der Waals surface area contributed by atoms with Crippen LogP contribution in [0.3, 0.4) is 0 Å². The number of ether oxygens (including phenoxy) is 2. The van der Waals surface area contributed by atoms with Gasteiger partial charge in [-0.2, -0.15) is 0 Å². The average molecular weight is 1200 g/mol. The second kappa shape index (κ2) is 23.5. The van der Waals surface area contributed by atoms with E-state index in [1.807, 2.05) is 84.9 Å². The van der Waals surface area contributed by atoms with Gasteiger partial charge in [0, 0.05) is 5.41 Å². The second-order valence-electron chi connectivity index (χ2n) is 23.5. The predicted molar refractivity (Wildman–Crippen MR) is 367 cm³/mol. The van der Waals surface area contributed by atoms with Crippen LogP contribution in [0, 0.1) is 0 Å². The summed E-state index contributed by atoms with van der Waals surface area (Å²) in [7, 11) is -5.84. The fourth-order valence-electron chi connectivity index (χ4n) is 13.7. The number of carbonyl (C=O) groups excluding carboxylic acids is 4. The van der Waals surface area contributed by atoms with Crippen LogP contribution in [0.5, 0.6) is 17.2 Å². The Hall–Kier alpha value is -10.1. The van der Waals surface area contributed by atoms with E-state index in [0.29, 0.717) is 51.7 Å². The molecule has 0 saturated carbocycles. The van der Waals surface area contributed by atoms with Gasteiger partial charge in [0.05, 0.1) is 0 Å². The molecule has 0 saturated heterocycles. The molecule has 0 N–H and O–H groups in total. The summed E-state index contributed by atoms with van der Waals surface area (Å²) in [5, 5.41) is 9.42.